The third-order valence-corrected chi connectivity index (χ3v) is 7.15. The summed E-state index contributed by atoms with van der Waals surface area (Å²) in [5, 5.41) is 4.67. The molecule has 1 saturated heterocycles. The Morgan fingerprint density at radius 1 is 1.20 bits per heavy atom. The molecular weight excluding hydrogens is 537 g/mol. The molecule has 0 radical (unpaired) electrons. The van der Waals surface area contributed by atoms with Gasteiger partial charge in [-0.3, -0.25) is 4.90 Å². The number of hydrogen-bond acceptors (Lipinski definition) is 8. The number of carbonyl (C=O) groups is 1. The summed E-state index contributed by atoms with van der Waals surface area (Å²) in [6.45, 7) is 3.09. The molecular formula is C29H35ClFN5O4. The van der Waals surface area contributed by atoms with E-state index in [1.807, 2.05) is 34.9 Å². The number of allylic oxidation sites excluding steroid dienone is 2. The van der Waals surface area contributed by atoms with Gasteiger partial charge >= 0.3 is 5.97 Å². The number of halogens is 2. The Balaban J connectivity index is 1.34. The van der Waals surface area contributed by atoms with Crippen LogP contribution in [0.1, 0.15) is 34.6 Å². The molecule has 0 atom stereocenters. The maximum absolute atomic E-state index is 12.5. The van der Waals surface area contributed by atoms with Crippen molar-refractivity contribution in [3.05, 3.63) is 76.2 Å². The van der Waals surface area contributed by atoms with Crippen molar-refractivity contribution in [1.29, 1.82) is 0 Å². The fourth-order valence-electron chi connectivity index (χ4n) is 4.71. The molecule has 2 aromatic carbocycles. The van der Waals surface area contributed by atoms with Crippen molar-refractivity contribution in [3.8, 4) is 0 Å². The van der Waals surface area contributed by atoms with Crippen LogP contribution in [-0.2, 0) is 34.0 Å². The second-order valence-corrected chi connectivity index (χ2v) is 9.98. The third kappa shape index (κ3) is 8.03. The molecule has 11 heteroatoms. The van der Waals surface area contributed by atoms with E-state index >= 15 is 0 Å². The number of oxime groups is 1. The Bertz CT molecular complexity index is 1320. The molecule has 3 aromatic rings. The number of aromatic nitrogens is 2. The van der Waals surface area contributed by atoms with Gasteiger partial charge in [0.1, 0.15) is 19.1 Å². The number of rotatable bonds is 13. The topological polar surface area (TPSA) is 104 Å². The smallest absolute Gasteiger partial charge is 0.337 e. The highest BCUT2D eigenvalue weighted by Crippen LogP contribution is 2.25. The van der Waals surface area contributed by atoms with Gasteiger partial charge in [0.2, 0.25) is 0 Å². The lowest BCUT2D eigenvalue weighted by molar-refractivity contribution is 0.0601. The second-order valence-electron chi connectivity index (χ2n) is 9.55. The summed E-state index contributed by atoms with van der Waals surface area (Å²) in [5.41, 5.74) is 10.2. The zero-order valence-electron chi connectivity index (χ0n) is 22.6. The second kappa shape index (κ2) is 14.8. The van der Waals surface area contributed by atoms with Crippen LogP contribution in [0, 0.1) is 5.92 Å². The van der Waals surface area contributed by atoms with Crippen LogP contribution in [0.3, 0.4) is 0 Å². The maximum atomic E-state index is 12.5. The monoisotopic (exact) mass is 571 g/mol. The molecule has 1 aliphatic heterocycles. The Hall–Kier alpha value is -3.47. The lowest BCUT2D eigenvalue weighted by Gasteiger charge is -2.32. The summed E-state index contributed by atoms with van der Waals surface area (Å²) in [4.78, 5) is 24.6. The number of hydrogen-bond donors (Lipinski definition) is 1. The summed E-state index contributed by atoms with van der Waals surface area (Å²) in [5.74, 6) is 0.720. The molecule has 0 amide bonds. The quantitative estimate of drug-likeness (QED) is 0.137. The number of carbonyl (C=O) groups excluding carboxylic acids is 1. The first-order chi connectivity index (χ1) is 19.5. The fraction of sp³-hybridized carbons (Fsp3) is 0.414. The molecule has 0 saturated carbocycles. The standard InChI is InChI=1S/C29H35ClFN5O4/c1-38-29(37)23-4-7-26-27(18-23)36(15-17-39-16-11-31)28(34-26)19-35-13-9-22(10-14-35)25(32)8-12-33-40-20-21-2-5-24(30)6-3-21/h2-8,12,18,22H,9-11,13-17,19-20,32H2,1H3/b25-8-,33-12+. The first kappa shape index (κ1) is 29.5. The van der Waals surface area contributed by atoms with E-state index in [1.165, 1.54) is 7.11 Å². The predicted molar refractivity (Wildman–Crippen MR) is 153 cm³/mol. The molecule has 4 rings (SSSR count). The van der Waals surface area contributed by atoms with Crippen molar-refractivity contribution in [1.82, 2.24) is 14.5 Å². The van der Waals surface area contributed by atoms with E-state index in [4.69, 9.17) is 36.6 Å². The number of nitrogens with zero attached hydrogens (tertiary/aromatic N) is 4. The van der Waals surface area contributed by atoms with Crippen LogP contribution in [0.5, 0.6) is 0 Å². The van der Waals surface area contributed by atoms with Crippen molar-refractivity contribution in [2.75, 3.05) is 40.1 Å². The molecule has 1 aliphatic rings. The lowest BCUT2D eigenvalue weighted by atomic mass is 9.93. The molecule has 2 N–H and O–H groups in total. The van der Waals surface area contributed by atoms with Gasteiger partial charge in [0.25, 0.3) is 0 Å². The van der Waals surface area contributed by atoms with Crippen LogP contribution < -0.4 is 5.73 Å². The molecule has 0 bridgehead atoms. The van der Waals surface area contributed by atoms with E-state index in [9.17, 15) is 9.18 Å². The Morgan fingerprint density at radius 2 is 1.98 bits per heavy atom. The van der Waals surface area contributed by atoms with Gasteiger partial charge in [0.05, 0.1) is 49.7 Å². The molecule has 0 unspecified atom stereocenters. The summed E-state index contributed by atoms with van der Waals surface area (Å²) >= 11 is 5.90. The van der Waals surface area contributed by atoms with Crippen molar-refractivity contribution in [2.45, 2.75) is 32.5 Å². The van der Waals surface area contributed by atoms with Crippen LogP contribution >= 0.6 is 11.6 Å². The number of benzene rings is 2. The molecule has 1 aromatic heterocycles. The molecule has 0 aliphatic carbocycles. The van der Waals surface area contributed by atoms with E-state index < -0.39 is 12.6 Å². The van der Waals surface area contributed by atoms with Gasteiger partial charge < -0.3 is 24.6 Å². The zero-order valence-corrected chi connectivity index (χ0v) is 23.4. The minimum Gasteiger partial charge on any atom is -0.465 e. The van der Waals surface area contributed by atoms with Gasteiger partial charge in [-0.2, -0.15) is 0 Å². The first-order valence-corrected chi connectivity index (χ1v) is 13.6. The van der Waals surface area contributed by atoms with Crippen LogP contribution in [0.4, 0.5) is 4.39 Å². The number of imidazole rings is 1. The van der Waals surface area contributed by atoms with Crippen molar-refractivity contribution < 1.29 is 23.5 Å². The van der Waals surface area contributed by atoms with E-state index in [2.05, 4.69) is 10.1 Å². The van der Waals surface area contributed by atoms with E-state index in [-0.39, 0.29) is 12.5 Å². The molecule has 1 fully saturated rings. The van der Waals surface area contributed by atoms with Crippen LogP contribution in [0.25, 0.3) is 11.0 Å². The largest absolute Gasteiger partial charge is 0.465 e. The van der Waals surface area contributed by atoms with Crippen molar-refractivity contribution in [3.63, 3.8) is 0 Å². The molecule has 40 heavy (non-hydrogen) atoms. The highest BCUT2D eigenvalue weighted by Gasteiger charge is 2.23. The number of alkyl halides is 1. The minimum absolute atomic E-state index is 0.0526. The number of piperidine rings is 1. The Labute approximate surface area is 238 Å². The summed E-state index contributed by atoms with van der Waals surface area (Å²) in [6.07, 6.45) is 5.22. The first-order valence-electron chi connectivity index (χ1n) is 13.3. The molecule has 2 heterocycles. The number of nitrogens with two attached hydrogens (primary N) is 1. The van der Waals surface area contributed by atoms with Gasteiger partial charge in [-0.1, -0.05) is 28.9 Å². The van der Waals surface area contributed by atoms with Gasteiger partial charge in [0.15, 0.2) is 0 Å². The van der Waals surface area contributed by atoms with Crippen LogP contribution in [0.2, 0.25) is 5.02 Å². The number of likely N-dealkylation sites (tertiary alicyclic amines) is 1. The predicted octanol–water partition coefficient (Wildman–Crippen LogP) is 4.72. The zero-order chi connectivity index (χ0) is 28.3. The molecule has 0 spiro atoms. The number of fused-ring (bicyclic) bond motifs is 1. The van der Waals surface area contributed by atoms with E-state index in [1.54, 1.807) is 24.4 Å². The average molecular weight is 572 g/mol. The third-order valence-electron chi connectivity index (χ3n) is 6.90. The van der Waals surface area contributed by atoms with Crippen molar-refractivity contribution in [2.24, 2.45) is 16.8 Å². The fourth-order valence-corrected chi connectivity index (χ4v) is 4.84. The van der Waals surface area contributed by atoms with Gasteiger partial charge in [0, 0.05) is 23.2 Å². The highest BCUT2D eigenvalue weighted by atomic mass is 35.5. The van der Waals surface area contributed by atoms with E-state index in [0.717, 1.165) is 54.0 Å². The van der Waals surface area contributed by atoms with Crippen molar-refractivity contribution >= 4 is 34.8 Å². The number of esters is 1. The normalized spacial score (nSPS) is 15.2. The lowest BCUT2D eigenvalue weighted by Crippen LogP contribution is -2.35. The molecule has 214 valence electrons. The Morgan fingerprint density at radius 3 is 2.70 bits per heavy atom. The summed E-state index contributed by atoms with van der Waals surface area (Å²) in [6, 6.07) is 12.7. The van der Waals surface area contributed by atoms with Gasteiger partial charge in [-0.25, -0.2) is 14.2 Å². The van der Waals surface area contributed by atoms with E-state index in [0.29, 0.717) is 36.9 Å². The SMILES string of the molecule is COC(=O)c1ccc2nc(CN3CCC(/C(N)=C/C=N/OCc4ccc(Cl)cc4)CC3)n(CCOCCF)c2c1. The molecule has 9 nitrogen and oxygen atoms in total. The minimum atomic E-state index is -0.529. The summed E-state index contributed by atoms with van der Waals surface area (Å²) < 4.78 is 24.8. The average Bonchev–Trinajstić information content (AvgIpc) is 3.31. The maximum Gasteiger partial charge on any atom is 0.337 e. The number of methoxy groups -OCH3 is 1. The van der Waals surface area contributed by atoms with Crippen LogP contribution in [-0.4, -0.2) is 66.7 Å². The number of ether oxygens (including phenoxy) is 2. The summed E-state index contributed by atoms with van der Waals surface area (Å²) in [7, 11) is 1.36. The van der Waals surface area contributed by atoms with Gasteiger partial charge in [-0.15, -0.1) is 0 Å². The Kier molecular flexibility index (Phi) is 10.9. The van der Waals surface area contributed by atoms with Gasteiger partial charge in [-0.05, 0) is 67.9 Å². The highest BCUT2D eigenvalue weighted by molar-refractivity contribution is 6.30. The van der Waals surface area contributed by atoms with Crippen LogP contribution in [0.15, 0.2) is 59.4 Å².